The summed E-state index contributed by atoms with van der Waals surface area (Å²) in [6.07, 6.45) is 9.12. The maximum Gasteiger partial charge on any atom is 0.0689 e. The molecule has 2 fully saturated rings. The zero-order valence-electron chi connectivity index (χ0n) is 9.74. The number of ether oxygens (including phenoxy) is 1. The van der Waals surface area contributed by atoms with E-state index in [-0.39, 0.29) is 5.60 Å². The van der Waals surface area contributed by atoms with E-state index in [0.717, 1.165) is 6.61 Å². The Kier molecular flexibility index (Phi) is 3.01. The first-order valence-corrected chi connectivity index (χ1v) is 6.08. The van der Waals surface area contributed by atoms with Gasteiger partial charge in [0, 0.05) is 6.61 Å². The Bertz CT molecular complexity index is 250. The zero-order valence-corrected chi connectivity index (χ0v) is 9.74. The molecule has 1 saturated carbocycles. The lowest BCUT2D eigenvalue weighted by molar-refractivity contribution is -0.0365. The van der Waals surface area contributed by atoms with Gasteiger partial charge in [-0.1, -0.05) is 12.2 Å². The molecule has 0 bridgehead atoms. The van der Waals surface area contributed by atoms with Crippen molar-refractivity contribution in [3.05, 3.63) is 25.3 Å². The molecule has 0 N–H and O–H groups in total. The molecule has 0 radical (unpaired) electrons. The monoisotopic (exact) mass is 206 g/mol. The first-order valence-electron chi connectivity index (χ1n) is 6.08. The molecule has 0 aromatic carbocycles. The molecule has 0 amide bonds. The average Bonchev–Trinajstić information content (AvgIpc) is 2.84. The van der Waals surface area contributed by atoms with E-state index in [4.69, 9.17) is 4.74 Å². The highest BCUT2D eigenvalue weighted by Gasteiger charge is 2.45. The highest BCUT2D eigenvalue weighted by Crippen LogP contribution is 2.48. The van der Waals surface area contributed by atoms with Gasteiger partial charge in [-0.15, -0.1) is 13.2 Å². The standard InChI is InChI=1S/C14H22O/c1-4-11-9-12(5-2)13(10-11)14(3)7-6-8-15-14/h4-5,11-13H,1-2,6-10H2,3H3. The molecular formula is C14H22O. The summed E-state index contributed by atoms with van der Waals surface area (Å²) in [5.74, 6) is 1.94. The van der Waals surface area contributed by atoms with E-state index < -0.39 is 0 Å². The van der Waals surface area contributed by atoms with E-state index in [2.05, 4.69) is 32.2 Å². The smallest absolute Gasteiger partial charge is 0.0689 e. The van der Waals surface area contributed by atoms with Crippen molar-refractivity contribution in [1.82, 2.24) is 0 Å². The topological polar surface area (TPSA) is 9.23 Å². The predicted molar refractivity (Wildman–Crippen MR) is 63.7 cm³/mol. The predicted octanol–water partition coefficient (Wildman–Crippen LogP) is 3.57. The Morgan fingerprint density at radius 3 is 2.60 bits per heavy atom. The summed E-state index contributed by atoms with van der Waals surface area (Å²) in [6, 6.07) is 0. The molecule has 2 aliphatic rings. The van der Waals surface area contributed by atoms with Crippen molar-refractivity contribution in [2.75, 3.05) is 6.61 Å². The van der Waals surface area contributed by atoms with Crippen molar-refractivity contribution in [2.45, 2.75) is 38.2 Å². The van der Waals surface area contributed by atoms with Crippen LogP contribution in [-0.4, -0.2) is 12.2 Å². The maximum absolute atomic E-state index is 5.97. The molecule has 1 heteroatoms. The summed E-state index contributed by atoms with van der Waals surface area (Å²) in [6.45, 7) is 11.1. The van der Waals surface area contributed by atoms with Gasteiger partial charge >= 0.3 is 0 Å². The minimum Gasteiger partial charge on any atom is -0.375 e. The van der Waals surface area contributed by atoms with Crippen molar-refractivity contribution in [1.29, 1.82) is 0 Å². The Labute approximate surface area is 93.2 Å². The maximum atomic E-state index is 5.97. The van der Waals surface area contributed by atoms with Crippen LogP contribution in [0.3, 0.4) is 0 Å². The summed E-state index contributed by atoms with van der Waals surface area (Å²) in [7, 11) is 0. The van der Waals surface area contributed by atoms with Crippen molar-refractivity contribution in [2.24, 2.45) is 17.8 Å². The van der Waals surface area contributed by atoms with E-state index >= 15 is 0 Å². The number of allylic oxidation sites excluding steroid dienone is 2. The Morgan fingerprint density at radius 2 is 2.07 bits per heavy atom. The Morgan fingerprint density at radius 1 is 1.27 bits per heavy atom. The molecule has 0 aromatic heterocycles. The average molecular weight is 206 g/mol. The second kappa shape index (κ2) is 4.13. The number of rotatable bonds is 3. The minimum atomic E-state index is 0.108. The van der Waals surface area contributed by atoms with Crippen molar-refractivity contribution in [3.8, 4) is 0 Å². The molecule has 1 heterocycles. The molecule has 2 rings (SSSR count). The molecule has 4 atom stereocenters. The van der Waals surface area contributed by atoms with Crippen molar-refractivity contribution >= 4 is 0 Å². The summed E-state index contributed by atoms with van der Waals surface area (Å²) in [4.78, 5) is 0. The number of hydrogen-bond acceptors (Lipinski definition) is 1. The molecule has 15 heavy (non-hydrogen) atoms. The van der Waals surface area contributed by atoms with Gasteiger partial charge in [0.25, 0.3) is 0 Å². The van der Waals surface area contributed by atoms with Gasteiger partial charge in [-0.25, -0.2) is 0 Å². The summed E-state index contributed by atoms with van der Waals surface area (Å²) >= 11 is 0. The lowest BCUT2D eigenvalue weighted by Gasteiger charge is -2.33. The third-order valence-corrected chi connectivity index (χ3v) is 4.32. The molecule has 84 valence electrons. The van der Waals surface area contributed by atoms with Gasteiger partial charge in [0.05, 0.1) is 5.60 Å². The van der Waals surface area contributed by atoms with Gasteiger partial charge in [0.1, 0.15) is 0 Å². The molecule has 1 aliphatic carbocycles. The van der Waals surface area contributed by atoms with Crippen LogP contribution in [0.2, 0.25) is 0 Å². The summed E-state index contributed by atoms with van der Waals surface area (Å²) in [5.41, 5.74) is 0.108. The van der Waals surface area contributed by atoms with E-state index in [1.807, 2.05) is 0 Å². The molecule has 0 spiro atoms. The van der Waals surface area contributed by atoms with Crippen LogP contribution in [0, 0.1) is 17.8 Å². The molecule has 1 saturated heterocycles. The van der Waals surface area contributed by atoms with Crippen LogP contribution in [-0.2, 0) is 4.74 Å². The van der Waals surface area contributed by atoms with Crippen LogP contribution in [0.1, 0.15) is 32.6 Å². The SMILES string of the molecule is C=CC1CC(C=C)C(C2(C)CCCO2)C1. The van der Waals surface area contributed by atoms with Gasteiger partial charge in [0.15, 0.2) is 0 Å². The normalized spacial score (nSPS) is 45.5. The summed E-state index contributed by atoms with van der Waals surface area (Å²) < 4.78 is 5.97. The van der Waals surface area contributed by atoms with Crippen molar-refractivity contribution in [3.63, 3.8) is 0 Å². The highest BCUT2D eigenvalue weighted by atomic mass is 16.5. The van der Waals surface area contributed by atoms with Crippen LogP contribution in [0.25, 0.3) is 0 Å². The molecule has 4 unspecified atom stereocenters. The fraction of sp³-hybridized carbons (Fsp3) is 0.714. The largest absolute Gasteiger partial charge is 0.375 e. The lowest BCUT2D eigenvalue weighted by atomic mass is 9.79. The summed E-state index contributed by atoms with van der Waals surface area (Å²) in [5, 5.41) is 0. The second-order valence-corrected chi connectivity index (χ2v) is 5.24. The molecule has 0 aromatic rings. The quantitative estimate of drug-likeness (QED) is 0.641. The van der Waals surface area contributed by atoms with Crippen molar-refractivity contribution < 1.29 is 4.74 Å². The van der Waals surface area contributed by atoms with Crippen LogP contribution in [0.5, 0.6) is 0 Å². The zero-order chi connectivity index (χ0) is 10.9. The van der Waals surface area contributed by atoms with Crippen LogP contribution in [0.15, 0.2) is 25.3 Å². The van der Waals surface area contributed by atoms with Gasteiger partial charge in [0.2, 0.25) is 0 Å². The fourth-order valence-electron chi connectivity index (χ4n) is 3.36. The highest BCUT2D eigenvalue weighted by molar-refractivity contribution is 5.05. The molecular weight excluding hydrogens is 184 g/mol. The van der Waals surface area contributed by atoms with E-state index in [1.54, 1.807) is 0 Å². The first-order chi connectivity index (χ1) is 7.19. The fourth-order valence-corrected chi connectivity index (χ4v) is 3.36. The van der Waals surface area contributed by atoms with Crippen LogP contribution >= 0.6 is 0 Å². The first kappa shape index (κ1) is 10.9. The third kappa shape index (κ3) is 1.90. The lowest BCUT2D eigenvalue weighted by Crippen LogP contribution is -2.35. The van der Waals surface area contributed by atoms with E-state index in [9.17, 15) is 0 Å². The third-order valence-electron chi connectivity index (χ3n) is 4.32. The molecule has 1 aliphatic heterocycles. The Balaban J connectivity index is 2.13. The minimum absolute atomic E-state index is 0.108. The molecule has 1 nitrogen and oxygen atoms in total. The van der Waals surface area contributed by atoms with E-state index in [0.29, 0.717) is 17.8 Å². The van der Waals surface area contributed by atoms with Gasteiger partial charge in [-0.05, 0) is 50.4 Å². The number of hydrogen-bond donors (Lipinski definition) is 0. The van der Waals surface area contributed by atoms with E-state index in [1.165, 1.54) is 25.7 Å². The van der Waals surface area contributed by atoms with Crippen LogP contribution < -0.4 is 0 Å². The van der Waals surface area contributed by atoms with Gasteiger partial charge in [-0.3, -0.25) is 0 Å². The second-order valence-electron chi connectivity index (χ2n) is 5.24. The van der Waals surface area contributed by atoms with Gasteiger partial charge in [-0.2, -0.15) is 0 Å². The van der Waals surface area contributed by atoms with Crippen LogP contribution in [0.4, 0.5) is 0 Å². The Hall–Kier alpha value is -0.560. The van der Waals surface area contributed by atoms with Gasteiger partial charge < -0.3 is 4.74 Å².